The maximum Gasteiger partial charge on any atom is 0.184 e. The summed E-state index contributed by atoms with van der Waals surface area (Å²) in [5.74, 6) is 0.0967. The van der Waals surface area contributed by atoms with Crippen LogP contribution in [0.4, 0.5) is 11.4 Å². The van der Waals surface area contributed by atoms with Gasteiger partial charge in [-0.1, -0.05) is 0 Å². The molecule has 0 aromatic heterocycles. The third-order valence-corrected chi connectivity index (χ3v) is 2.86. The highest BCUT2D eigenvalue weighted by Crippen LogP contribution is 2.19. The van der Waals surface area contributed by atoms with Gasteiger partial charge in [0.05, 0.1) is 11.4 Å². The Kier molecular flexibility index (Phi) is 3.42. The zero-order valence-electron chi connectivity index (χ0n) is 10.8. The lowest BCUT2D eigenvalue weighted by molar-refractivity contribution is -0.112. The van der Waals surface area contributed by atoms with Crippen LogP contribution in [-0.2, 0) is 4.79 Å². The summed E-state index contributed by atoms with van der Waals surface area (Å²) in [5, 5.41) is 3.06. The monoisotopic (exact) mass is 240 g/mol. The van der Waals surface area contributed by atoms with Gasteiger partial charge < -0.3 is 5.32 Å². The molecule has 0 saturated carbocycles. The van der Waals surface area contributed by atoms with Crippen molar-refractivity contribution < 1.29 is 4.79 Å². The number of Topliss-reactive ketones (excluding diaryl/α,β-unsaturated/α-hetero) is 1. The van der Waals surface area contributed by atoms with Crippen molar-refractivity contribution in [1.29, 1.82) is 0 Å². The second-order valence-corrected chi connectivity index (χ2v) is 4.32. The number of ketones is 1. The average molecular weight is 240 g/mol. The van der Waals surface area contributed by atoms with E-state index in [1.54, 1.807) is 0 Å². The molecule has 0 bridgehead atoms. The molecule has 2 rings (SSSR count). The van der Waals surface area contributed by atoms with Crippen LogP contribution in [-0.4, -0.2) is 18.5 Å². The minimum absolute atomic E-state index is 0.0967. The molecular formula is C15H16N2O. The largest absolute Gasteiger partial charge is 0.388 e. The lowest BCUT2D eigenvalue weighted by atomic mass is 9.98. The standard InChI is InChI=1S/C15H16N2O/c1-10-8-14(9-11(2)15(10)18)17-13-6-4-12(16-3)5-7-13/h4-9,16H,1-3H3. The third kappa shape index (κ3) is 2.56. The highest BCUT2D eigenvalue weighted by molar-refractivity contribution is 6.21. The van der Waals surface area contributed by atoms with Gasteiger partial charge >= 0.3 is 0 Å². The predicted molar refractivity (Wildman–Crippen MR) is 75.6 cm³/mol. The SMILES string of the molecule is CNc1ccc(N=C2C=C(C)C(=O)C(C)=C2)cc1. The Morgan fingerprint density at radius 2 is 1.56 bits per heavy atom. The molecule has 0 unspecified atom stereocenters. The van der Waals surface area contributed by atoms with Crippen LogP contribution in [0.15, 0.2) is 52.6 Å². The second-order valence-electron chi connectivity index (χ2n) is 4.32. The zero-order valence-corrected chi connectivity index (χ0v) is 10.8. The second kappa shape index (κ2) is 5.00. The van der Waals surface area contributed by atoms with Gasteiger partial charge in [-0.05, 0) is 61.4 Å². The number of rotatable bonds is 2. The first-order chi connectivity index (χ1) is 8.60. The van der Waals surface area contributed by atoms with Gasteiger partial charge in [0.15, 0.2) is 5.78 Å². The summed E-state index contributed by atoms with van der Waals surface area (Å²) in [4.78, 5) is 16.1. The fraction of sp³-hybridized carbons (Fsp3) is 0.200. The molecule has 1 aromatic carbocycles. The number of anilines is 1. The fourth-order valence-electron chi connectivity index (χ4n) is 1.84. The number of nitrogens with one attached hydrogen (secondary N) is 1. The van der Waals surface area contributed by atoms with Crippen LogP contribution in [0.1, 0.15) is 13.8 Å². The summed E-state index contributed by atoms with van der Waals surface area (Å²) < 4.78 is 0. The first-order valence-corrected chi connectivity index (χ1v) is 5.88. The number of hydrogen-bond acceptors (Lipinski definition) is 3. The molecule has 3 nitrogen and oxygen atoms in total. The molecule has 1 aliphatic carbocycles. The van der Waals surface area contributed by atoms with Crippen molar-refractivity contribution in [2.24, 2.45) is 4.99 Å². The van der Waals surface area contributed by atoms with Gasteiger partial charge in [0.2, 0.25) is 0 Å². The number of carbonyl (C=O) groups is 1. The van der Waals surface area contributed by atoms with Crippen molar-refractivity contribution in [3.05, 3.63) is 47.6 Å². The van der Waals surface area contributed by atoms with Crippen LogP contribution in [0.3, 0.4) is 0 Å². The summed E-state index contributed by atoms with van der Waals surface area (Å²) in [6, 6.07) is 7.84. The number of nitrogens with zero attached hydrogens (tertiary/aromatic N) is 1. The number of aliphatic imine (C=N–C) groups is 1. The number of benzene rings is 1. The summed E-state index contributed by atoms with van der Waals surface area (Å²) in [6.07, 6.45) is 3.64. The van der Waals surface area contributed by atoms with Gasteiger partial charge in [-0.25, -0.2) is 4.99 Å². The maximum atomic E-state index is 11.6. The molecule has 0 spiro atoms. The van der Waals surface area contributed by atoms with E-state index in [1.165, 1.54) is 0 Å². The number of hydrogen-bond donors (Lipinski definition) is 1. The van der Waals surface area contributed by atoms with Crippen LogP contribution in [0.2, 0.25) is 0 Å². The third-order valence-electron chi connectivity index (χ3n) is 2.86. The molecule has 0 radical (unpaired) electrons. The van der Waals surface area contributed by atoms with Crippen molar-refractivity contribution in [2.45, 2.75) is 13.8 Å². The Hall–Kier alpha value is -2.16. The van der Waals surface area contributed by atoms with Gasteiger partial charge in [-0.3, -0.25) is 4.79 Å². The lowest BCUT2D eigenvalue weighted by Crippen LogP contribution is -2.10. The molecular weight excluding hydrogens is 224 g/mol. The average Bonchev–Trinajstić information content (AvgIpc) is 2.37. The van der Waals surface area contributed by atoms with Gasteiger partial charge in [0, 0.05) is 12.7 Å². The Morgan fingerprint density at radius 1 is 1.00 bits per heavy atom. The van der Waals surface area contributed by atoms with E-state index in [1.807, 2.05) is 57.3 Å². The van der Waals surface area contributed by atoms with Gasteiger partial charge in [-0.15, -0.1) is 0 Å². The van der Waals surface area contributed by atoms with E-state index in [0.717, 1.165) is 28.2 Å². The molecule has 3 heteroatoms. The Bertz CT molecular complexity index is 539. The number of carbonyl (C=O) groups excluding carboxylic acids is 1. The molecule has 18 heavy (non-hydrogen) atoms. The summed E-state index contributed by atoms with van der Waals surface area (Å²) in [5.41, 5.74) is 4.23. The smallest absolute Gasteiger partial charge is 0.184 e. The molecule has 1 aromatic rings. The topological polar surface area (TPSA) is 41.5 Å². The molecule has 1 aliphatic rings. The predicted octanol–water partition coefficient (Wildman–Crippen LogP) is 3.28. The summed E-state index contributed by atoms with van der Waals surface area (Å²) in [6.45, 7) is 3.64. The molecule has 92 valence electrons. The van der Waals surface area contributed by atoms with Crippen LogP contribution in [0.25, 0.3) is 0 Å². The van der Waals surface area contributed by atoms with Gasteiger partial charge in [0.1, 0.15) is 0 Å². The molecule has 0 amide bonds. The van der Waals surface area contributed by atoms with Crippen LogP contribution in [0.5, 0.6) is 0 Å². The minimum atomic E-state index is 0.0967. The van der Waals surface area contributed by atoms with Crippen molar-refractivity contribution in [1.82, 2.24) is 0 Å². The van der Waals surface area contributed by atoms with E-state index >= 15 is 0 Å². The van der Waals surface area contributed by atoms with Crippen LogP contribution >= 0.6 is 0 Å². The van der Waals surface area contributed by atoms with Gasteiger partial charge in [0.25, 0.3) is 0 Å². The van der Waals surface area contributed by atoms with E-state index in [4.69, 9.17) is 0 Å². The highest BCUT2D eigenvalue weighted by atomic mass is 16.1. The highest BCUT2D eigenvalue weighted by Gasteiger charge is 2.13. The molecule has 0 heterocycles. The summed E-state index contributed by atoms with van der Waals surface area (Å²) >= 11 is 0. The molecule has 0 atom stereocenters. The van der Waals surface area contributed by atoms with Crippen molar-refractivity contribution >= 4 is 22.9 Å². The number of allylic oxidation sites excluding steroid dienone is 4. The Balaban J connectivity index is 2.30. The van der Waals surface area contributed by atoms with Crippen molar-refractivity contribution in [2.75, 3.05) is 12.4 Å². The van der Waals surface area contributed by atoms with E-state index in [0.29, 0.717) is 0 Å². The molecule has 0 fully saturated rings. The fourth-order valence-corrected chi connectivity index (χ4v) is 1.84. The van der Waals surface area contributed by atoms with E-state index in [9.17, 15) is 4.79 Å². The van der Waals surface area contributed by atoms with E-state index in [-0.39, 0.29) is 5.78 Å². The van der Waals surface area contributed by atoms with Crippen LogP contribution in [0, 0.1) is 0 Å². The lowest BCUT2D eigenvalue weighted by Gasteiger charge is -2.08. The van der Waals surface area contributed by atoms with Crippen LogP contribution < -0.4 is 5.32 Å². The van der Waals surface area contributed by atoms with E-state index in [2.05, 4.69) is 10.3 Å². The van der Waals surface area contributed by atoms with Crippen molar-refractivity contribution in [3.8, 4) is 0 Å². The molecule has 1 N–H and O–H groups in total. The summed E-state index contributed by atoms with van der Waals surface area (Å²) in [7, 11) is 1.88. The minimum Gasteiger partial charge on any atom is -0.388 e. The first-order valence-electron chi connectivity index (χ1n) is 5.88. The maximum absolute atomic E-state index is 11.6. The zero-order chi connectivity index (χ0) is 13.1. The normalized spacial score (nSPS) is 15.1. The first kappa shape index (κ1) is 12.3. The Morgan fingerprint density at radius 3 is 2.06 bits per heavy atom. The molecule has 0 aliphatic heterocycles. The van der Waals surface area contributed by atoms with E-state index < -0.39 is 0 Å². The Labute approximate surface area is 107 Å². The van der Waals surface area contributed by atoms with Gasteiger partial charge in [-0.2, -0.15) is 0 Å². The molecule has 0 saturated heterocycles. The van der Waals surface area contributed by atoms with Crippen molar-refractivity contribution in [3.63, 3.8) is 0 Å². The quantitative estimate of drug-likeness (QED) is 0.806.